The highest BCUT2D eigenvalue weighted by molar-refractivity contribution is 14.0. The molecule has 0 aromatic rings. The molecule has 1 aliphatic rings. The number of alkyl halides is 6. The Morgan fingerprint density at radius 3 is 2.11 bits per heavy atom. The zero-order chi connectivity index (χ0) is 20.5. The van der Waals surface area contributed by atoms with Gasteiger partial charge in [0.15, 0.2) is 5.96 Å². The third-order valence-corrected chi connectivity index (χ3v) is 4.41. The van der Waals surface area contributed by atoms with Gasteiger partial charge in [0.1, 0.15) is 0 Å². The van der Waals surface area contributed by atoms with Crippen LogP contribution in [-0.2, 0) is 0 Å². The smallest absolute Gasteiger partial charge is 0.356 e. The molecule has 0 radical (unpaired) electrons. The highest BCUT2D eigenvalue weighted by atomic mass is 127. The van der Waals surface area contributed by atoms with Crippen molar-refractivity contribution in [3.63, 3.8) is 0 Å². The van der Waals surface area contributed by atoms with Crippen LogP contribution in [0, 0.1) is 5.92 Å². The average Bonchev–Trinajstić information content (AvgIpc) is 2.52. The number of piperidine rings is 1. The third kappa shape index (κ3) is 13.6. The standard InChI is InChI=1S/C16H29F6N5.HI/c1-23-14(25-7-10-26(2)11-15(17,18)19)24-6-3-13-4-8-27(9-5-13)12-16(20,21)22;/h13H,3-12H2,1-2H3,(H2,23,24,25);1H. The number of guanidine groups is 1. The SMILES string of the molecule is CN=C(NCCC1CCN(CC(F)(F)F)CC1)NCCN(C)CC(F)(F)F.I. The number of nitrogens with zero attached hydrogens (tertiary/aromatic N) is 3. The first kappa shape index (κ1) is 27.5. The van der Waals surface area contributed by atoms with E-state index < -0.39 is 25.4 Å². The first-order valence-electron chi connectivity index (χ1n) is 8.97. The van der Waals surface area contributed by atoms with E-state index in [2.05, 4.69) is 15.6 Å². The maximum atomic E-state index is 12.4. The fourth-order valence-electron chi connectivity index (χ4n) is 3.05. The molecule has 0 atom stereocenters. The molecule has 1 saturated heterocycles. The number of halogens is 7. The molecule has 0 aromatic carbocycles. The summed E-state index contributed by atoms with van der Waals surface area (Å²) in [5.41, 5.74) is 0. The molecule has 0 unspecified atom stereocenters. The molecule has 0 aromatic heterocycles. The minimum Gasteiger partial charge on any atom is -0.356 e. The van der Waals surface area contributed by atoms with Gasteiger partial charge in [-0.2, -0.15) is 26.3 Å². The summed E-state index contributed by atoms with van der Waals surface area (Å²) in [5.74, 6) is 0.864. The van der Waals surface area contributed by atoms with Gasteiger partial charge in [0.25, 0.3) is 0 Å². The minimum atomic E-state index is -4.22. The van der Waals surface area contributed by atoms with Crippen LogP contribution in [-0.4, -0.2) is 88.0 Å². The van der Waals surface area contributed by atoms with E-state index in [4.69, 9.17) is 0 Å². The molecule has 0 spiro atoms. The molecule has 0 saturated carbocycles. The molecule has 12 heteroatoms. The quantitative estimate of drug-likeness (QED) is 0.218. The van der Waals surface area contributed by atoms with Crippen molar-refractivity contribution in [2.75, 3.05) is 59.9 Å². The van der Waals surface area contributed by atoms with Crippen LogP contribution in [0.4, 0.5) is 26.3 Å². The summed E-state index contributed by atoms with van der Waals surface area (Å²) in [7, 11) is 2.97. The minimum absolute atomic E-state index is 0. The van der Waals surface area contributed by atoms with Gasteiger partial charge in [-0.3, -0.25) is 14.8 Å². The van der Waals surface area contributed by atoms with Gasteiger partial charge >= 0.3 is 12.4 Å². The van der Waals surface area contributed by atoms with Gasteiger partial charge in [0.2, 0.25) is 0 Å². The van der Waals surface area contributed by atoms with E-state index in [9.17, 15) is 26.3 Å². The first-order valence-corrected chi connectivity index (χ1v) is 8.97. The lowest BCUT2D eigenvalue weighted by atomic mass is 9.93. The van der Waals surface area contributed by atoms with Crippen LogP contribution in [0.25, 0.3) is 0 Å². The Labute approximate surface area is 179 Å². The van der Waals surface area contributed by atoms with E-state index >= 15 is 0 Å². The van der Waals surface area contributed by atoms with Crippen LogP contribution in [0.2, 0.25) is 0 Å². The van der Waals surface area contributed by atoms with E-state index in [1.807, 2.05) is 0 Å². The largest absolute Gasteiger partial charge is 0.401 e. The van der Waals surface area contributed by atoms with E-state index in [1.54, 1.807) is 7.05 Å². The zero-order valence-electron chi connectivity index (χ0n) is 16.2. The Hall–Kier alpha value is -0.500. The second-order valence-electron chi connectivity index (χ2n) is 6.90. The monoisotopic (exact) mass is 533 g/mol. The van der Waals surface area contributed by atoms with Crippen molar-refractivity contribution in [3.8, 4) is 0 Å². The number of aliphatic imine (C=N–C) groups is 1. The molecule has 2 N–H and O–H groups in total. The lowest BCUT2D eigenvalue weighted by Gasteiger charge is -2.32. The van der Waals surface area contributed by atoms with Gasteiger partial charge in [-0.25, -0.2) is 0 Å². The van der Waals surface area contributed by atoms with Crippen molar-refractivity contribution in [2.45, 2.75) is 31.6 Å². The van der Waals surface area contributed by atoms with Gasteiger partial charge in [0, 0.05) is 26.7 Å². The van der Waals surface area contributed by atoms with Crippen LogP contribution in [0.1, 0.15) is 19.3 Å². The molecule has 1 rings (SSSR count). The van der Waals surface area contributed by atoms with Gasteiger partial charge < -0.3 is 10.6 Å². The average molecular weight is 533 g/mol. The Bertz CT molecular complexity index is 450. The lowest BCUT2D eigenvalue weighted by Crippen LogP contribution is -2.43. The predicted octanol–water partition coefficient (Wildman–Crippen LogP) is 2.93. The van der Waals surface area contributed by atoms with E-state index in [1.165, 1.54) is 16.8 Å². The fourth-order valence-corrected chi connectivity index (χ4v) is 3.05. The van der Waals surface area contributed by atoms with Crippen LogP contribution in [0.5, 0.6) is 0 Å². The van der Waals surface area contributed by atoms with Crippen molar-refractivity contribution >= 4 is 29.9 Å². The van der Waals surface area contributed by atoms with Gasteiger partial charge in [-0.15, -0.1) is 24.0 Å². The van der Waals surface area contributed by atoms with Crippen molar-refractivity contribution in [3.05, 3.63) is 0 Å². The van der Waals surface area contributed by atoms with E-state index in [0.717, 1.165) is 19.3 Å². The van der Waals surface area contributed by atoms with Crippen LogP contribution in [0.15, 0.2) is 4.99 Å². The summed E-state index contributed by atoms with van der Waals surface area (Å²) in [4.78, 5) is 6.62. The molecule has 0 bridgehead atoms. The predicted molar refractivity (Wildman–Crippen MR) is 108 cm³/mol. The van der Waals surface area contributed by atoms with Crippen molar-refractivity contribution < 1.29 is 26.3 Å². The van der Waals surface area contributed by atoms with Crippen LogP contribution >= 0.6 is 24.0 Å². The van der Waals surface area contributed by atoms with Gasteiger partial charge in [0.05, 0.1) is 13.1 Å². The van der Waals surface area contributed by atoms with E-state index in [-0.39, 0.29) is 30.5 Å². The van der Waals surface area contributed by atoms with Crippen molar-refractivity contribution in [1.29, 1.82) is 0 Å². The Balaban J connectivity index is 0.00000729. The first-order chi connectivity index (χ1) is 12.5. The molecular formula is C16H30F6IN5. The summed E-state index contributed by atoms with van der Waals surface area (Å²) in [5, 5.41) is 6.05. The number of likely N-dealkylation sites (tertiary alicyclic amines) is 1. The molecule has 0 amide bonds. The Kier molecular flexibility index (Phi) is 12.7. The van der Waals surface area contributed by atoms with Crippen LogP contribution in [0.3, 0.4) is 0 Å². The highest BCUT2D eigenvalue weighted by Gasteiger charge is 2.32. The molecule has 5 nitrogen and oxygen atoms in total. The third-order valence-electron chi connectivity index (χ3n) is 4.41. The number of hydrogen-bond donors (Lipinski definition) is 2. The van der Waals surface area contributed by atoms with Crippen LogP contribution < -0.4 is 10.6 Å². The second kappa shape index (κ2) is 12.9. The van der Waals surface area contributed by atoms with Gasteiger partial charge in [-0.05, 0) is 45.3 Å². The molecule has 1 fully saturated rings. The molecule has 28 heavy (non-hydrogen) atoms. The van der Waals surface area contributed by atoms with Crippen molar-refractivity contribution in [2.24, 2.45) is 10.9 Å². The normalized spacial score (nSPS) is 17.5. The number of rotatable bonds is 8. The fraction of sp³-hybridized carbons (Fsp3) is 0.938. The zero-order valence-corrected chi connectivity index (χ0v) is 18.5. The van der Waals surface area contributed by atoms with Crippen molar-refractivity contribution in [1.82, 2.24) is 20.4 Å². The second-order valence-corrected chi connectivity index (χ2v) is 6.90. The Morgan fingerprint density at radius 1 is 1.04 bits per heavy atom. The molecule has 0 aliphatic carbocycles. The summed E-state index contributed by atoms with van der Waals surface area (Å²) in [6, 6.07) is 0. The number of hydrogen-bond acceptors (Lipinski definition) is 3. The molecule has 1 heterocycles. The maximum Gasteiger partial charge on any atom is 0.401 e. The number of nitrogens with one attached hydrogen (secondary N) is 2. The topological polar surface area (TPSA) is 42.9 Å². The molecule has 1 aliphatic heterocycles. The summed E-state index contributed by atoms with van der Waals surface area (Å²) >= 11 is 0. The number of likely N-dealkylation sites (N-methyl/N-ethyl adjacent to an activating group) is 1. The Morgan fingerprint density at radius 2 is 1.61 bits per heavy atom. The van der Waals surface area contributed by atoms with E-state index in [0.29, 0.717) is 38.1 Å². The highest BCUT2D eigenvalue weighted by Crippen LogP contribution is 2.23. The summed E-state index contributed by atoms with van der Waals surface area (Å²) in [6.07, 6.45) is -6.10. The molecular weight excluding hydrogens is 503 g/mol. The van der Waals surface area contributed by atoms with Gasteiger partial charge in [-0.1, -0.05) is 0 Å². The molecule has 168 valence electrons. The summed E-state index contributed by atoms with van der Waals surface area (Å²) < 4.78 is 73.9. The maximum absolute atomic E-state index is 12.4. The summed E-state index contributed by atoms with van der Waals surface area (Å²) in [6.45, 7) is 0.235. The lowest BCUT2D eigenvalue weighted by molar-refractivity contribution is -0.148.